The monoisotopic (exact) mass is 288 g/mol. The Balaban J connectivity index is 2.62. The zero-order chi connectivity index (χ0) is 13.4. The number of nitroso groups, excluding NO2 is 2. The van der Waals surface area contributed by atoms with Gasteiger partial charge in [0.05, 0.1) is 6.16 Å². The molecule has 100 valence electrons. The van der Waals surface area contributed by atoms with E-state index in [2.05, 4.69) is 16.8 Å². The summed E-state index contributed by atoms with van der Waals surface area (Å²) in [5, 5.41) is 1.88. The largest absolute Gasteiger partial charge is 0.379 e. The SMILES string of the molecule is CCCCCCc1ccsc1CP(=O)(N=O)N=O. The molecule has 7 heteroatoms. The fourth-order valence-electron chi connectivity index (χ4n) is 1.73. The van der Waals surface area contributed by atoms with Gasteiger partial charge in [-0.1, -0.05) is 26.2 Å². The molecule has 1 aromatic rings. The molecule has 0 aliphatic rings. The van der Waals surface area contributed by atoms with E-state index in [0.717, 1.165) is 29.7 Å². The molecule has 1 aromatic heterocycles. The van der Waals surface area contributed by atoms with Crippen LogP contribution in [0, 0.1) is 9.81 Å². The van der Waals surface area contributed by atoms with Gasteiger partial charge in [0.25, 0.3) is 0 Å². The van der Waals surface area contributed by atoms with Crippen LogP contribution in [0.5, 0.6) is 0 Å². The molecule has 0 N–H and O–H groups in total. The van der Waals surface area contributed by atoms with E-state index in [0.29, 0.717) is 0 Å². The van der Waals surface area contributed by atoms with Crippen molar-refractivity contribution in [1.29, 1.82) is 0 Å². The van der Waals surface area contributed by atoms with E-state index in [4.69, 9.17) is 0 Å². The van der Waals surface area contributed by atoms with Crippen molar-refractivity contribution in [1.82, 2.24) is 0 Å². The third-order valence-corrected chi connectivity index (χ3v) is 5.16. The van der Waals surface area contributed by atoms with E-state index in [1.54, 1.807) is 0 Å². The van der Waals surface area contributed by atoms with E-state index in [1.807, 2.05) is 11.4 Å². The van der Waals surface area contributed by atoms with Crippen molar-refractivity contribution < 1.29 is 4.57 Å². The van der Waals surface area contributed by atoms with Crippen LogP contribution < -0.4 is 0 Å². The van der Waals surface area contributed by atoms with E-state index in [-0.39, 0.29) is 6.16 Å². The minimum atomic E-state index is -3.79. The van der Waals surface area contributed by atoms with Gasteiger partial charge < -0.3 is 0 Å². The van der Waals surface area contributed by atoms with Crippen LogP contribution in [0.25, 0.3) is 0 Å². The maximum Gasteiger partial charge on any atom is 0.379 e. The van der Waals surface area contributed by atoms with Gasteiger partial charge in [-0.3, -0.25) is 4.57 Å². The lowest BCUT2D eigenvalue weighted by Gasteiger charge is -2.04. The molecule has 0 spiro atoms. The molecular weight excluding hydrogens is 271 g/mol. The first-order valence-corrected chi connectivity index (χ1v) is 8.67. The Kier molecular flexibility index (Phi) is 6.36. The lowest BCUT2D eigenvalue weighted by atomic mass is 10.1. The topological polar surface area (TPSA) is 75.9 Å². The quantitative estimate of drug-likeness (QED) is 0.360. The molecule has 0 aliphatic carbocycles. The molecule has 1 heterocycles. The number of nitrogens with zero attached hydrogens (tertiary/aromatic N) is 2. The Labute approximate surface area is 110 Å². The highest BCUT2D eigenvalue weighted by molar-refractivity contribution is 7.60. The van der Waals surface area contributed by atoms with Gasteiger partial charge >= 0.3 is 7.44 Å². The highest BCUT2D eigenvalue weighted by atomic mass is 32.1. The van der Waals surface area contributed by atoms with Gasteiger partial charge in [0.1, 0.15) is 0 Å². The zero-order valence-corrected chi connectivity index (χ0v) is 12.1. The predicted molar refractivity (Wildman–Crippen MR) is 75.1 cm³/mol. The van der Waals surface area contributed by atoms with Gasteiger partial charge in [0, 0.05) is 14.8 Å². The highest BCUT2D eigenvalue weighted by Crippen LogP contribution is 2.52. The van der Waals surface area contributed by atoms with Crippen molar-refractivity contribution in [3.8, 4) is 0 Å². The van der Waals surface area contributed by atoms with Gasteiger partial charge in [0.2, 0.25) is 0 Å². The second kappa shape index (κ2) is 7.54. The predicted octanol–water partition coefficient (Wildman–Crippen LogP) is 5.10. The summed E-state index contributed by atoms with van der Waals surface area (Å²) >= 11 is 1.40. The van der Waals surface area contributed by atoms with Crippen LogP contribution in [0.1, 0.15) is 43.0 Å². The molecule has 18 heavy (non-hydrogen) atoms. The number of hydrogen-bond acceptors (Lipinski definition) is 4. The Bertz CT molecular complexity index is 435. The molecule has 0 saturated carbocycles. The summed E-state index contributed by atoms with van der Waals surface area (Å²) in [5.41, 5.74) is 1.06. The Hall–Kier alpha value is -0.870. The summed E-state index contributed by atoms with van der Waals surface area (Å²) in [4.78, 5) is 26.4. The fourth-order valence-corrected chi connectivity index (χ4v) is 3.97. The van der Waals surface area contributed by atoms with Crippen LogP contribution in [0.15, 0.2) is 21.3 Å². The number of rotatable bonds is 9. The van der Waals surface area contributed by atoms with Crippen LogP contribution in [0.2, 0.25) is 0 Å². The van der Waals surface area contributed by atoms with Crippen molar-refractivity contribution in [3.63, 3.8) is 0 Å². The summed E-state index contributed by atoms with van der Waals surface area (Å²) < 4.78 is 11.6. The first kappa shape index (κ1) is 15.2. The van der Waals surface area contributed by atoms with Gasteiger partial charge in [-0.15, -0.1) is 21.2 Å². The van der Waals surface area contributed by atoms with E-state index in [1.165, 1.54) is 24.2 Å². The number of thiophene rings is 1. The second-order valence-corrected chi connectivity index (χ2v) is 7.14. The summed E-state index contributed by atoms with van der Waals surface area (Å²) in [7, 11) is -3.79. The van der Waals surface area contributed by atoms with Gasteiger partial charge in [0.15, 0.2) is 0 Å². The third-order valence-electron chi connectivity index (χ3n) is 2.74. The summed E-state index contributed by atoms with van der Waals surface area (Å²) in [6.07, 6.45) is 5.35. The number of hydrogen-bond donors (Lipinski definition) is 0. The standard InChI is InChI=1S/C11H17N2O3PS/c1-2-3-4-5-6-10-7-8-18-11(10)9-17(16,12-14)13-15/h7-8H,2-6,9H2,1H3. The van der Waals surface area contributed by atoms with Crippen molar-refractivity contribution in [2.45, 2.75) is 45.2 Å². The summed E-state index contributed by atoms with van der Waals surface area (Å²) in [5.74, 6) is 0. The molecular formula is C11H17N2O3PS. The van der Waals surface area contributed by atoms with Crippen LogP contribution in [-0.2, 0) is 17.1 Å². The molecule has 0 radical (unpaired) electrons. The summed E-state index contributed by atoms with van der Waals surface area (Å²) in [6, 6.07) is 1.95. The number of unbranched alkanes of at least 4 members (excludes halogenated alkanes) is 3. The average molecular weight is 288 g/mol. The van der Waals surface area contributed by atoms with E-state index < -0.39 is 7.44 Å². The smallest absolute Gasteiger partial charge is 0.265 e. The molecule has 0 atom stereocenters. The molecule has 0 unspecified atom stereocenters. The van der Waals surface area contributed by atoms with Gasteiger partial charge in [-0.05, 0) is 29.9 Å². The van der Waals surface area contributed by atoms with Gasteiger partial charge in [-0.25, -0.2) is 0 Å². The highest BCUT2D eigenvalue weighted by Gasteiger charge is 2.26. The normalized spacial score (nSPS) is 11.4. The molecule has 0 saturated heterocycles. The average Bonchev–Trinajstić information content (AvgIpc) is 2.82. The lowest BCUT2D eigenvalue weighted by molar-refractivity contribution is 0.575. The fraction of sp³-hybridized carbons (Fsp3) is 0.636. The maximum absolute atomic E-state index is 11.6. The molecule has 0 fully saturated rings. The zero-order valence-electron chi connectivity index (χ0n) is 10.4. The molecule has 0 aliphatic heterocycles. The van der Waals surface area contributed by atoms with Crippen LogP contribution in [0.3, 0.4) is 0 Å². The lowest BCUT2D eigenvalue weighted by Crippen LogP contribution is -1.89. The molecule has 5 nitrogen and oxygen atoms in total. The van der Waals surface area contributed by atoms with Crippen LogP contribution in [-0.4, -0.2) is 0 Å². The van der Waals surface area contributed by atoms with Crippen molar-refractivity contribution in [2.24, 2.45) is 9.89 Å². The number of aryl methyl sites for hydroxylation is 1. The third kappa shape index (κ3) is 4.42. The molecule has 0 bridgehead atoms. The Morgan fingerprint density at radius 3 is 2.56 bits per heavy atom. The van der Waals surface area contributed by atoms with E-state index in [9.17, 15) is 14.4 Å². The van der Waals surface area contributed by atoms with Gasteiger partial charge in [-0.2, -0.15) is 0 Å². The second-order valence-electron chi connectivity index (χ2n) is 4.17. The first-order chi connectivity index (χ1) is 8.65. The molecule has 1 rings (SSSR count). The van der Waals surface area contributed by atoms with Crippen LogP contribution in [0.4, 0.5) is 0 Å². The molecule has 0 amide bonds. The van der Waals surface area contributed by atoms with E-state index >= 15 is 0 Å². The van der Waals surface area contributed by atoms with Crippen molar-refractivity contribution in [3.05, 3.63) is 31.7 Å². The first-order valence-electron chi connectivity index (χ1n) is 5.99. The summed E-state index contributed by atoms with van der Waals surface area (Å²) in [6.45, 7) is 2.15. The minimum Gasteiger partial charge on any atom is -0.265 e. The Morgan fingerprint density at radius 2 is 1.94 bits per heavy atom. The minimum absolute atomic E-state index is 0.124. The van der Waals surface area contributed by atoms with Crippen molar-refractivity contribution in [2.75, 3.05) is 0 Å². The molecule has 0 aromatic carbocycles. The maximum atomic E-state index is 11.6. The Morgan fingerprint density at radius 1 is 1.22 bits per heavy atom. The van der Waals surface area contributed by atoms with Crippen LogP contribution >= 0.6 is 18.8 Å². The van der Waals surface area contributed by atoms with Crippen molar-refractivity contribution >= 4 is 18.8 Å².